The SMILES string of the molecule is CC(C)C1=C(C(C)C)C2(C(C)C)CCCN2CC1. The lowest BCUT2D eigenvalue weighted by Crippen LogP contribution is -2.54. The molecule has 1 atom stereocenters. The van der Waals surface area contributed by atoms with Crippen molar-refractivity contribution in [3.05, 3.63) is 11.1 Å². The number of nitrogens with zero attached hydrogens (tertiary/aromatic N) is 1. The molecule has 0 saturated carbocycles. The average Bonchev–Trinajstić information content (AvgIpc) is 2.71. The number of rotatable bonds is 3. The van der Waals surface area contributed by atoms with E-state index in [1.165, 1.54) is 32.4 Å². The molecule has 1 fully saturated rings. The van der Waals surface area contributed by atoms with Crippen LogP contribution in [0.15, 0.2) is 11.1 Å². The fraction of sp³-hybridized carbons (Fsp3) is 0.882. The fourth-order valence-corrected chi connectivity index (χ4v) is 4.62. The van der Waals surface area contributed by atoms with Gasteiger partial charge in [-0.1, -0.05) is 47.1 Å². The maximum Gasteiger partial charge on any atom is 0.0449 e. The third-order valence-corrected chi connectivity index (χ3v) is 5.24. The van der Waals surface area contributed by atoms with Gasteiger partial charge in [0.25, 0.3) is 0 Å². The number of hydrogen-bond donors (Lipinski definition) is 0. The lowest BCUT2D eigenvalue weighted by Gasteiger charge is -2.50. The molecule has 1 heteroatoms. The predicted octanol–water partition coefficient (Wildman–Crippen LogP) is 4.49. The summed E-state index contributed by atoms with van der Waals surface area (Å²) < 4.78 is 0. The van der Waals surface area contributed by atoms with Gasteiger partial charge in [0.05, 0.1) is 0 Å². The molecule has 0 aromatic rings. The van der Waals surface area contributed by atoms with Crippen LogP contribution in [-0.2, 0) is 0 Å². The van der Waals surface area contributed by atoms with Crippen LogP contribution < -0.4 is 0 Å². The summed E-state index contributed by atoms with van der Waals surface area (Å²) in [5.74, 6) is 2.16. The van der Waals surface area contributed by atoms with Crippen molar-refractivity contribution in [1.82, 2.24) is 4.90 Å². The molecule has 0 amide bonds. The molecule has 104 valence electrons. The molecule has 0 radical (unpaired) electrons. The molecule has 0 aliphatic carbocycles. The van der Waals surface area contributed by atoms with Crippen LogP contribution in [0.2, 0.25) is 0 Å². The van der Waals surface area contributed by atoms with E-state index >= 15 is 0 Å². The van der Waals surface area contributed by atoms with Gasteiger partial charge in [0.15, 0.2) is 0 Å². The van der Waals surface area contributed by atoms with Gasteiger partial charge in [-0.15, -0.1) is 0 Å². The topological polar surface area (TPSA) is 3.24 Å². The fourth-order valence-electron chi connectivity index (χ4n) is 4.62. The first-order valence-corrected chi connectivity index (χ1v) is 7.89. The molecule has 1 nitrogen and oxygen atoms in total. The third-order valence-electron chi connectivity index (χ3n) is 5.24. The zero-order valence-corrected chi connectivity index (χ0v) is 13.2. The summed E-state index contributed by atoms with van der Waals surface area (Å²) in [5, 5.41) is 0. The van der Waals surface area contributed by atoms with Crippen molar-refractivity contribution in [3.8, 4) is 0 Å². The Bertz CT molecular complexity index is 338. The van der Waals surface area contributed by atoms with E-state index < -0.39 is 0 Å². The molecule has 2 aliphatic rings. The van der Waals surface area contributed by atoms with Gasteiger partial charge in [0, 0.05) is 12.1 Å². The Morgan fingerprint density at radius 3 is 2.11 bits per heavy atom. The van der Waals surface area contributed by atoms with Gasteiger partial charge in [0.1, 0.15) is 0 Å². The van der Waals surface area contributed by atoms with Crippen LogP contribution >= 0.6 is 0 Å². The van der Waals surface area contributed by atoms with Crippen molar-refractivity contribution in [2.24, 2.45) is 17.8 Å². The van der Waals surface area contributed by atoms with Gasteiger partial charge in [0.2, 0.25) is 0 Å². The Morgan fingerprint density at radius 1 is 0.944 bits per heavy atom. The molecule has 18 heavy (non-hydrogen) atoms. The minimum absolute atomic E-state index is 0.395. The van der Waals surface area contributed by atoms with Crippen LogP contribution in [-0.4, -0.2) is 23.5 Å². The number of fused-ring (bicyclic) bond motifs is 1. The zero-order chi connectivity index (χ0) is 13.5. The smallest absolute Gasteiger partial charge is 0.0449 e. The lowest BCUT2D eigenvalue weighted by molar-refractivity contribution is 0.0981. The van der Waals surface area contributed by atoms with E-state index in [-0.39, 0.29) is 0 Å². The second-order valence-electron chi connectivity index (χ2n) is 7.17. The maximum absolute atomic E-state index is 2.80. The minimum Gasteiger partial charge on any atom is -0.293 e. The summed E-state index contributed by atoms with van der Waals surface area (Å²) >= 11 is 0. The van der Waals surface area contributed by atoms with E-state index in [0.717, 1.165) is 11.8 Å². The normalized spacial score (nSPS) is 29.8. The molecule has 0 bridgehead atoms. The van der Waals surface area contributed by atoms with Crippen LogP contribution in [0.25, 0.3) is 0 Å². The van der Waals surface area contributed by atoms with E-state index in [4.69, 9.17) is 0 Å². The molecule has 0 spiro atoms. The van der Waals surface area contributed by atoms with Crippen molar-refractivity contribution >= 4 is 0 Å². The highest BCUT2D eigenvalue weighted by Gasteiger charge is 2.49. The van der Waals surface area contributed by atoms with Crippen LogP contribution in [0.3, 0.4) is 0 Å². The Labute approximate surface area is 114 Å². The molecule has 2 aliphatic heterocycles. The van der Waals surface area contributed by atoms with E-state index in [1.54, 1.807) is 11.1 Å². The summed E-state index contributed by atoms with van der Waals surface area (Å²) in [4.78, 5) is 2.80. The molecule has 1 unspecified atom stereocenters. The minimum atomic E-state index is 0.395. The zero-order valence-electron chi connectivity index (χ0n) is 13.2. The summed E-state index contributed by atoms with van der Waals surface area (Å²) in [6.45, 7) is 17.1. The van der Waals surface area contributed by atoms with E-state index in [9.17, 15) is 0 Å². The van der Waals surface area contributed by atoms with Crippen LogP contribution in [0.4, 0.5) is 0 Å². The Morgan fingerprint density at radius 2 is 1.61 bits per heavy atom. The molecule has 1 saturated heterocycles. The number of hydrogen-bond acceptors (Lipinski definition) is 1. The highest BCUT2D eigenvalue weighted by Crippen LogP contribution is 2.49. The first kappa shape index (κ1) is 14.1. The second-order valence-corrected chi connectivity index (χ2v) is 7.17. The quantitative estimate of drug-likeness (QED) is 0.666. The Hall–Kier alpha value is -0.300. The molecule has 0 N–H and O–H groups in total. The average molecular weight is 249 g/mol. The first-order valence-electron chi connectivity index (χ1n) is 7.89. The van der Waals surface area contributed by atoms with Crippen molar-refractivity contribution in [3.63, 3.8) is 0 Å². The van der Waals surface area contributed by atoms with Gasteiger partial charge in [-0.3, -0.25) is 4.90 Å². The monoisotopic (exact) mass is 249 g/mol. The third kappa shape index (κ3) is 1.95. The Balaban J connectivity index is 2.56. The van der Waals surface area contributed by atoms with Gasteiger partial charge in [-0.25, -0.2) is 0 Å². The summed E-state index contributed by atoms with van der Waals surface area (Å²) in [6, 6.07) is 0. The summed E-state index contributed by atoms with van der Waals surface area (Å²) in [7, 11) is 0. The van der Waals surface area contributed by atoms with Crippen molar-refractivity contribution in [2.75, 3.05) is 13.1 Å². The first-order chi connectivity index (χ1) is 8.41. The van der Waals surface area contributed by atoms with Crippen molar-refractivity contribution in [2.45, 2.75) is 66.3 Å². The summed E-state index contributed by atoms with van der Waals surface area (Å²) in [6.07, 6.45) is 4.08. The summed E-state index contributed by atoms with van der Waals surface area (Å²) in [5.41, 5.74) is 3.97. The van der Waals surface area contributed by atoms with E-state index in [1.807, 2.05) is 0 Å². The highest BCUT2D eigenvalue weighted by molar-refractivity contribution is 5.35. The van der Waals surface area contributed by atoms with Gasteiger partial charge < -0.3 is 0 Å². The van der Waals surface area contributed by atoms with Crippen LogP contribution in [0.5, 0.6) is 0 Å². The molecule has 2 heterocycles. The largest absolute Gasteiger partial charge is 0.293 e. The maximum atomic E-state index is 2.80. The van der Waals surface area contributed by atoms with Gasteiger partial charge in [-0.2, -0.15) is 0 Å². The molecule has 2 rings (SSSR count). The van der Waals surface area contributed by atoms with Crippen molar-refractivity contribution in [1.29, 1.82) is 0 Å². The molecular weight excluding hydrogens is 218 g/mol. The van der Waals surface area contributed by atoms with E-state index in [0.29, 0.717) is 11.5 Å². The predicted molar refractivity (Wildman–Crippen MR) is 79.7 cm³/mol. The second kappa shape index (κ2) is 5.00. The molecule has 0 aromatic heterocycles. The van der Waals surface area contributed by atoms with E-state index in [2.05, 4.69) is 46.4 Å². The van der Waals surface area contributed by atoms with Crippen molar-refractivity contribution < 1.29 is 0 Å². The van der Waals surface area contributed by atoms with Gasteiger partial charge >= 0.3 is 0 Å². The molecule has 0 aromatic carbocycles. The molecular formula is C17H31N. The van der Waals surface area contributed by atoms with Crippen LogP contribution in [0, 0.1) is 17.8 Å². The van der Waals surface area contributed by atoms with Gasteiger partial charge in [-0.05, 0) is 49.1 Å². The van der Waals surface area contributed by atoms with Crippen LogP contribution in [0.1, 0.15) is 60.8 Å². The standard InChI is InChI=1S/C17H31N/c1-12(2)15-8-11-18-10-7-9-17(18,14(5)6)16(15)13(3)4/h12-14H,7-11H2,1-6H3. The lowest BCUT2D eigenvalue weighted by atomic mass is 9.67. The Kier molecular flexibility index (Phi) is 3.92. The highest BCUT2D eigenvalue weighted by atomic mass is 15.2.